The zero-order chi connectivity index (χ0) is 20.7. The van der Waals surface area contributed by atoms with Crippen LogP contribution in [-0.4, -0.2) is 30.4 Å². The Morgan fingerprint density at radius 1 is 0.929 bits per heavy atom. The van der Waals surface area contributed by atoms with E-state index in [0.717, 1.165) is 12.2 Å². The van der Waals surface area contributed by atoms with Gasteiger partial charge in [0.25, 0.3) is 5.91 Å². The maximum absolute atomic E-state index is 12.8. The van der Waals surface area contributed by atoms with Crippen LogP contribution < -0.4 is 15.5 Å². The lowest BCUT2D eigenvalue weighted by molar-refractivity contribution is -0.118. The number of benzene rings is 2. The smallest absolute Gasteiger partial charge is 0.251 e. The van der Waals surface area contributed by atoms with E-state index in [0.29, 0.717) is 17.3 Å². The van der Waals surface area contributed by atoms with Gasteiger partial charge in [0, 0.05) is 29.5 Å². The number of nitrogens with zero attached hydrogens (tertiary/aromatic N) is 1. The van der Waals surface area contributed by atoms with Crippen LogP contribution in [0.25, 0.3) is 0 Å². The highest BCUT2D eigenvalue weighted by atomic mass is 16.2. The fourth-order valence-corrected chi connectivity index (χ4v) is 3.15. The molecule has 2 rings (SSSR count). The van der Waals surface area contributed by atoms with Crippen molar-refractivity contribution in [2.45, 2.75) is 46.7 Å². The van der Waals surface area contributed by atoms with Crippen LogP contribution in [0.1, 0.15) is 45.0 Å². The number of hydrogen-bond acceptors (Lipinski definition) is 3. The monoisotopic (exact) mass is 381 g/mol. The first-order chi connectivity index (χ1) is 13.3. The molecule has 0 bridgehead atoms. The summed E-state index contributed by atoms with van der Waals surface area (Å²) in [4.78, 5) is 27.5. The number of hydrogen-bond donors (Lipinski definition) is 2. The average molecular weight is 382 g/mol. The van der Waals surface area contributed by atoms with E-state index < -0.39 is 6.04 Å². The van der Waals surface area contributed by atoms with E-state index in [4.69, 9.17) is 0 Å². The molecule has 0 spiro atoms. The summed E-state index contributed by atoms with van der Waals surface area (Å²) in [5.41, 5.74) is 2.38. The van der Waals surface area contributed by atoms with Crippen molar-refractivity contribution >= 4 is 23.2 Å². The molecule has 2 amide bonds. The molecule has 2 N–H and O–H groups in total. The maximum Gasteiger partial charge on any atom is 0.251 e. The van der Waals surface area contributed by atoms with E-state index in [9.17, 15) is 9.59 Å². The molecule has 2 aromatic rings. The van der Waals surface area contributed by atoms with Crippen LogP contribution in [-0.2, 0) is 4.79 Å². The minimum absolute atomic E-state index is 0.0385. The van der Waals surface area contributed by atoms with Crippen molar-refractivity contribution in [3.63, 3.8) is 0 Å². The molecule has 0 aromatic heterocycles. The lowest BCUT2D eigenvalue weighted by atomic mass is 10.0. The number of amides is 2. The highest BCUT2D eigenvalue weighted by Crippen LogP contribution is 2.20. The maximum atomic E-state index is 12.8. The lowest BCUT2D eigenvalue weighted by Gasteiger charge is -2.27. The SMILES string of the molecule is CCN(c1ccc(NC(=O)C(NC(=O)c2ccccc2)C(C)C)cc1)C(C)C. The molecule has 1 atom stereocenters. The van der Waals surface area contributed by atoms with Gasteiger partial charge in [-0.15, -0.1) is 0 Å². The van der Waals surface area contributed by atoms with E-state index in [-0.39, 0.29) is 17.7 Å². The van der Waals surface area contributed by atoms with Crippen LogP contribution in [0, 0.1) is 5.92 Å². The van der Waals surface area contributed by atoms with Crippen molar-refractivity contribution in [3.05, 3.63) is 60.2 Å². The molecule has 0 saturated carbocycles. The molecule has 0 aliphatic carbocycles. The average Bonchev–Trinajstić information content (AvgIpc) is 2.67. The summed E-state index contributed by atoms with van der Waals surface area (Å²) < 4.78 is 0. The zero-order valence-electron chi connectivity index (χ0n) is 17.4. The second-order valence-corrected chi connectivity index (χ2v) is 7.48. The third-order valence-electron chi connectivity index (χ3n) is 4.70. The molecule has 1 unspecified atom stereocenters. The fourth-order valence-electron chi connectivity index (χ4n) is 3.15. The Labute approximate surface area is 168 Å². The highest BCUT2D eigenvalue weighted by molar-refractivity contribution is 6.01. The van der Waals surface area contributed by atoms with E-state index in [1.807, 2.05) is 44.2 Å². The quantitative estimate of drug-likeness (QED) is 0.716. The van der Waals surface area contributed by atoms with Crippen molar-refractivity contribution in [1.82, 2.24) is 5.32 Å². The molecule has 0 aliphatic rings. The molecular formula is C23H31N3O2. The number of carbonyl (C=O) groups is 2. The van der Waals surface area contributed by atoms with E-state index >= 15 is 0 Å². The molecule has 0 radical (unpaired) electrons. The molecule has 0 aliphatic heterocycles. The third-order valence-corrected chi connectivity index (χ3v) is 4.70. The summed E-state index contributed by atoms with van der Waals surface area (Å²) in [6.07, 6.45) is 0. The van der Waals surface area contributed by atoms with Gasteiger partial charge in [0.05, 0.1) is 0 Å². The molecule has 150 valence electrons. The summed E-state index contributed by atoms with van der Waals surface area (Å²) in [6.45, 7) is 11.2. The van der Waals surface area contributed by atoms with Gasteiger partial charge in [-0.25, -0.2) is 0 Å². The predicted octanol–water partition coefficient (Wildman–Crippen LogP) is 4.31. The third kappa shape index (κ3) is 5.59. The molecule has 5 nitrogen and oxygen atoms in total. The van der Waals surface area contributed by atoms with Crippen molar-refractivity contribution < 1.29 is 9.59 Å². The fraction of sp³-hybridized carbons (Fsp3) is 0.391. The van der Waals surface area contributed by atoms with Crippen LogP contribution in [0.2, 0.25) is 0 Å². The number of nitrogens with one attached hydrogen (secondary N) is 2. The largest absolute Gasteiger partial charge is 0.369 e. The molecule has 0 fully saturated rings. The first-order valence-corrected chi connectivity index (χ1v) is 9.87. The molecule has 0 saturated heterocycles. The van der Waals surface area contributed by atoms with Crippen molar-refractivity contribution in [1.29, 1.82) is 0 Å². The van der Waals surface area contributed by atoms with Crippen LogP contribution in [0.4, 0.5) is 11.4 Å². The minimum atomic E-state index is -0.616. The van der Waals surface area contributed by atoms with E-state index in [1.165, 1.54) is 0 Å². The zero-order valence-corrected chi connectivity index (χ0v) is 17.4. The summed E-state index contributed by atoms with van der Waals surface area (Å²) in [7, 11) is 0. The second-order valence-electron chi connectivity index (χ2n) is 7.48. The van der Waals surface area contributed by atoms with Gasteiger partial charge in [-0.2, -0.15) is 0 Å². The molecule has 0 heterocycles. The predicted molar refractivity (Wildman–Crippen MR) is 116 cm³/mol. The van der Waals surface area contributed by atoms with Gasteiger partial charge < -0.3 is 15.5 Å². The minimum Gasteiger partial charge on any atom is -0.369 e. The van der Waals surface area contributed by atoms with Gasteiger partial charge in [-0.05, 0) is 63.1 Å². The topological polar surface area (TPSA) is 61.4 Å². The Bertz CT molecular complexity index is 770. The van der Waals surface area contributed by atoms with Crippen molar-refractivity contribution in [2.24, 2.45) is 5.92 Å². The van der Waals surface area contributed by atoms with Crippen LogP contribution in [0.3, 0.4) is 0 Å². The second kappa shape index (κ2) is 9.93. The van der Waals surface area contributed by atoms with Gasteiger partial charge in [-0.3, -0.25) is 9.59 Å². The standard InChI is InChI=1S/C23H31N3O2/c1-6-26(17(4)5)20-14-12-19(13-15-20)24-23(28)21(16(2)3)25-22(27)18-10-8-7-9-11-18/h7-17,21H,6H2,1-5H3,(H,24,28)(H,25,27). The van der Waals surface area contributed by atoms with E-state index in [1.54, 1.807) is 24.3 Å². The van der Waals surface area contributed by atoms with Gasteiger partial charge in [-0.1, -0.05) is 32.0 Å². The van der Waals surface area contributed by atoms with Crippen LogP contribution in [0.15, 0.2) is 54.6 Å². The normalized spacial score (nSPS) is 12.0. The lowest BCUT2D eigenvalue weighted by Crippen LogP contribution is -2.47. The van der Waals surface area contributed by atoms with Gasteiger partial charge in [0.15, 0.2) is 0 Å². The summed E-state index contributed by atoms with van der Waals surface area (Å²) >= 11 is 0. The van der Waals surface area contributed by atoms with Crippen molar-refractivity contribution in [2.75, 3.05) is 16.8 Å². The first kappa shape index (κ1) is 21.5. The van der Waals surface area contributed by atoms with E-state index in [2.05, 4.69) is 36.3 Å². The number of carbonyl (C=O) groups excluding carboxylic acids is 2. The van der Waals surface area contributed by atoms with Crippen LogP contribution >= 0.6 is 0 Å². The van der Waals surface area contributed by atoms with Crippen LogP contribution in [0.5, 0.6) is 0 Å². The number of anilines is 2. The molecule has 2 aromatic carbocycles. The summed E-state index contributed by atoms with van der Waals surface area (Å²) in [6, 6.07) is 16.5. The summed E-state index contributed by atoms with van der Waals surface area (Å²) in [5.74, 6) is -0.507. The Kier molecular flexibility index (Phi) is 7.61. The highest BCUT2D eigenvalue weighted by Gasteiger charge is 2.24. The Morgan fingerprint density at radius 3 is 2.04 bits per heavy atom. The number of rotatable bonds is 8. The Balaban J connectivity index is 2.07. The van der Waals surface area contributed by atoms with Gasteiger partial charge in [0.2, 0.25) is 5.91 Å². The Morgan fingerprint density at radius 2 is 1.54 bits per heavy atom. The summed E-state index contributed by atoms with van der Waals surface area (Å²) in [5, 5.41) is 5.77. The molecule has 28 heavy (non-hydrogen) atoms. The molecule has 5 heteroatoms. The first-order valence-electron chi connectivity index (χ1n) is 9.87. The molecular weight excluding hydrogens is 350 g/mol. The Hall–Kier alpha value is -2.82. The van der Waals surface area contributed by atoms with Crippen molar-refractivity contribution in [3.8, 4) is 0 Å². The van der Waals surface area contributed by atoms with Gasteiger partial charge in [0.1, 0.15) is 6.04 Å². The van der Waals surface area contributed by atoms with Gasteiger partial charge >= 0.3 is 0 Å².